The van der Waals surface area contributed by atoms with Crippen LogP contribution in [0.15, 0.2) is 12.1 Å². The first-order valence-electron chi connectivity index (χ1n) is 5.54. The van der Waals surface area contributed by atoms with Crippen LogP contribution >= 0.6 is 11.6 Å². The Labute approximate surface area is 111 Å². The van der Waals surface area contributed by atoms with Crippen LogP contribution in [0.2, 0.25) is 5.02 Å². The summed E-state index contributed by atoms with van der Waals surface area (Å²) in [5, 5.41) is 14.7. The first-order chi connectivity index (χ1) is 8.49. The molecule has 0 aliphatic carbocycles. The third-order valence-corrected chi connectivity index (χ3v) is 2.76. The molecule has 1 heterocycles. The van der Waals surface area contributed by atoms with Crippen molar-refractivity contribution in [3.8, 4) is 6.07 Å². The van der Waals surface area contributed by atoms with Gasteiger partial charge < -0.3 is 10.6 Å². The standard InChI is InChI=1S/C12H15ClN4O/c1-7(2)11(12(18)15-3)17-10-5-4-8(13)9(6-14)16-10/h4-5,7,11H,1-3H3,(H,15,18)(H,16,17). The maximum Gasteiger partial charge on any atom is 0.242 e. The van der Waals surface area contributed by atoms with Gasteiger partial charge in [-0.2, -0.15) is 5.26 Å². The fourth-order valence-electron chi connectivity index (χ4n) is 1.45. The molecule has 1 unspecified atom stereocenters. The molecule has 1 atom stereocenters. The topological polar surface area (TPSA) is 77.8 Å². The first kappa shape index (κ1) is 14.3. The van der Waals surface area contributed by atoms with Gasteiger partial charge in [0.15, 0.2) is 5.69 Å². The Morgan fingerprint density at radius 1 is 1.50 bits per heavy atom. The molecule has 1 amide bonds. The second kappa shape index (κ2) is 6.22. The molecular weight excluding hydrogens is 252 g/mol. The average Bonchev–Trinajstić information content (AvgIpc) is 2.36. The smallest absolute Gasteiger partial charge is 0.242 e. The molecular formula is C12H15ClN4O. The third kappa shape index (κ3) is 3.34. The molecule has 1 rings (SSSR count). The quantitative estimate of drug-likeness (QED) is 0.871. The Bertz CT molecular complexity index is 481. The van der Waals surface area contributed by atoms with Crippen LogP contribution in [-0.4, -0.2) is 24.0 Å². The van der Waals surface area contributed by atoms with E-state index in [-0.39, 0.29) is 17.5 Å². The molecule has 2 N–H and O–H groups in total. The van der Waals surface area contributed by atoms with E-state index in [0.29, 0.717) is 10.8 Å². The molecule has 6 heteroatoms. The number of nitriles is 1. The number of aromatic nitrogens is 1. The van der Waals surface area contributed by atoms with Gasteiger partial charge >= 0.3 is 0 Å². The van der Waals surface area contributed by atoms with E-state index >= 15 is 0 Å². The predicted molar refractivity (Wildman–Crippen MR) is 70.3 cm³/mol. The summed E-state index contributed by atoms with van der Waals surface area (Å²) in [7, 11) is 1.58. The van der Waals surface area contributed by atoms with Crippen LogP contribution in [0.3, 0.4) is 0 Å². The maximum absolute atomic E-state index is 11.7. The van der Waals surface area contributed by atoms with E-state index in [9.17, 15) is 4.79 Å². The fraction of sp³-hybridized carbons (Fsp3) is 0.417. The van der Waals surface area contributed by atoms with Gasteiger partial charge in [0, 0.05) is 7.05 Å². The van der Waals surface area contributed by atoms with Crippen molar-refractivity contribution >= 4 is 23.3 Å². The molecule has 0 radical (unpaired) electrons. The van der Waals surface area contributed by atoms with Crippen molar-refractivity contribution < 1.29 is 4.79 Å². The highest BCUT2D eigenvalue weighted by atomic mass is 35.5. The molecule has 96 valence electrons. The van der Waals surface area contributed by atoms with E-state index in [2.05, 4.69) is 15.6 Å². The summed E-state index contributed by atoms with van der Waals surface area (Å²) in [6, 6.07) is 4.71. The number of halogens is 1. The minimum atomic E-state index is -0.407. The number of hydrogen-bond donors (Lipinski definition) is 2. The van der Waals surface area contributed by atoms with Gasteiger partial charge in [0.1, 0.15) is 17.9 Å². The van der Waals surface area contributed by atoms with E-state index in [1.54, 1.807) is 19.2 Å². The normalized spacial score (nSPS) is 11.8. The number of anilines is 1. The van der Waals surface area contributed by atoms with Gasteiger partial charge in [-0.15, -0.1) is 0 Å². The lowest BCUT2D eigenvalue weighted by Crippen LogP contribution is -2.41. The van der Waals surface area contributed by atoms with Gasteiger partial charge in [-0.05, 0) is 18.1 Å². The van der Waals surface area contributed by atoms with Gasteiger partial charge in [-0.1, -0.05) is 25.4 Å². The zero-order chi connectivity index (χ0) is 13.7. The highest BCUT2D eigenvalue weighted by Crippen LogP contribution is 2.17. The largest absolute Gasteiger partial charge is 0.358 e. The van der Waals surface area contributed by atoms with E-state index < -0.39 is 6.04 Å². The number of pyridine rings is 1. The maximum atomic E-state index is 11.7. The number of carbonyl (C=O) groups excluding carboxylic acids is 1. The van der Waals surface area contributed by atoms with E-state index in [4.69, 9.17) is 16.9 Å². The molecule has 5 nitrogen and oxygen atoms in total. The van der Waals surface area contributed by atoms with Gasteiger partial charge in [-0.25, -0.2) is 4.98 Å². The van der Waals surface area contributed by atoms with Crippen molar-refractivity contribution in [1.82, 2.24) is 10.3 Å². The summed E-state index contributed by atoms with van der Waals surface area (Å²) in [5.74, 6) is 0.423. The van der Waals surface area contributed by atoms with Crippen LogP contribution in [0, 0.1) is 17.2 Å². The average molecular weight is 267 g/mol. The van der Waals surface area contributed by atoms with Crippen LogP contribution in [0.1, 0.15) is 19.5 Å². The molecule has 0 aliphatic rings. The second-order valence-corrected chi connectivity index (χ2v) is 4.53. The predicted octanol–water partition coefficient (Wildman–Crippen LogP) is 1.79. The van der Waals surface area contributed by atoms with Crippen LogP contribution < -0.4 is 10.6 Å². The highest BCUT2D eigenvalue weighted by molar-refractivity contribution is 6.31. The van der Waals surface area contributed by atoms with Gasteiger partial charge in [0.25, 0.3) is 0 Å². The molecule has 1 aromatic heterocycles. The molecule has 18 heavy (non-hydrogen) atoms. The van der Waals surface area contributed by atoms with Crippen molar-refractivity contribution in [2.24, 2.45) is 5.92 Å². The Balaban J connectivity index is 2.95. The number of carbonyl (C=O) groups is 1. The summed E-state index contributed by atoms with van der Waals surface area (Å²) in [4.78, 5) is 15.7. The third-order valence-electron chi connectivity index (χ3n) is 2.45. The minimum absolute atomic E-state index is 0.0907. The SMILES string of the molecule is CNC(=O)C(Nc1ccc(Cl)c(C#N)n1)C(C)C. The molecule has 0 saturated heterocycles. The number of likely N-dealkylation sites (N-methyl/N-ethyl adjacent to an activating group) is 1. The minimum Gasteiger partial charge on any atom is -0.358 e. The lowest BCUT2D eigenvalue weighted by Gasteiger charge is -2.21. The van der Waals surface area contributed by atoms with Gasteiger partial charge in [0.2, 0.25) is 5.91 Å². The molecule has 0 aliphatic heterocycles. The van der Waals surface area contributed by atoms with Crippen molar-refractivity contribution in [3.05, 3.63) is 22.8 Å². The fourth-order valence-corrected chi connectivity index (χ4v) is 1.60. The van der Waals surface area contributed by atoms with Crippen molar-refractivity contribution in [3.63, 3.8) is 0 Å². The van der Waals surface area contributed by atoms with Gasteiger partial charge in [0.05, 0.1) is 5.02 Å². The lowest BCUT2D eigenvalue weighted by molar-refractivity contribution is -0.122. The van der Waals surface area contributed by atoms with Crippen LogP contribution in [0.5, 0.6) is 0 Å². The van der Waals surface area contributed by atoms with E-state index in [1.807, 2.05) is 19.9 Å². The van der Waals surface area contributed by atoms with Crippen molar-refractivity contribution in [2.45, 2.75) is 19.9 Å². The Morgan fingerprint density at radius 2 is 2.17 bits per heavy atom. The van der Waals surface area contributed by atoms with E-state index in [1.165, 1.54) is 0 Å². The van der Waals surface area contributed by atoms with Crippen molar-refractivity contribution in [2.75, 3.05) is 12.4 Å². The summed E-state index contributed by atoms with van der Waals surface area (Å²) < 4.78 is 0. The Morgan fingerprint density at radius 3 is 2.67 bits per heavy atom. The molecule has 0 fully saturated rings. The lowest BCUT2D eigenvalue weighted by atomic mass is 10.0. The zero-order valence-corrected chi connectivity index (χ0v) is 11.2. The number of hydrogen-bond acceptors (Lipinski definition) is 4. The summed E-state index contributed by atoms with van der Waals surface area (Å²) in [6.07, 6.45) is 0. The molecule has 0 saturated carbocycles. The molecule has 0 aromatic carbocycles. The van der Waals surface area contributed by atoms with Crippen LogP contribution in [-0.2, 0) is 4.79 Å². The second-order valence-electron chi connectivity index (χ2n) is 4.12. The monoisotopic (exact) mass is 266 g/mol. The number of amides is 1. The highest BCUT2D eigenvalue weighted by Gasteiger charge is 2.21. The van der Waals surface area contributed by atoms with Crippen LogP contribution in [0.25, 0.3) is 0 Å². The Hall–Kier alpha value is -1.80. The summed E-state index contributed by atoms with van der Waals surface area (Å²) >= 11 is 5.79. The molecule has 0 spiro atoms. The molecule has 0 bridgehead atoms. The van der Waals surface area contributed by atoms with Crippen molar-refractivity contribution in [1.29, 1.82) is 5.26 Å². The molecule has 1 aromatic rings. The first-order valence-corrected chi connectivity index (χ1v) is 5.92. The number of nitrogens with zero attached hydrogens (tertiary/aromatic N) is 2. The number of rotatable bonds is 4. The Kier molecular flexibility index (Phi) is 4.93. The summed E-state index contributed by atoms with van der Waals surface area (Å²) in [6.45, 7) is 3.85. The van der Waals surface area contributed by atoms with E-state index in [0.717, 1.165) is 0 Å². The summed E-state index contributed by atoms with van der Waals surface area (Å²) in [5.41, 5.74) is 0.140. The van der Waals surface area contributed by atoms with Gasteiger partial charge in [-0.3, -0.25) is 4.79 Å². The number of nitrogens with one attached hydrogen (secondary N) is 2. The van der Waals surface area contributed by atoms with Crippen LogP contribution in [0.4, 0.5) is 5.82 Å². The zero-order valence-electron chi connectivity index (χ0n) is 10.5.